The highest BCUT2D eigenvalue weighted by Crippen LogP contribution is 2.44. The molecule has 3 fully saturated rings. The van der Waals surface area contributed by atoms with Gasteiger partial charge in [-0.05, 0) is 61.6 Å². The van der Waals surface area contributed by atoms with E-state index in [1.807, 2.05) is 24.3 Å². The number of fused-ring (bicyclic) bond motifs is 4. The maximum Gasteiger partial charge on any atom is 0.119 e. The van der Waals surface area contributed by atoms with Crippen LogP contribution in [0.1, 0.15) is 37.9 Å². The number of benzene rings is 1. The maximum atomic E-state index is 11.2. The van der Waals surface area contributed by atoms with Crippen molar-refractivity contribution in [2.75, 3.05) is 20.2 Å². The van der Waals surface area contributed by atoms with Gasteiger partial charge in [-0.25, -0.2) is 0 Å². The first-order valence-electron chi connectivity index (χ1n) is 9.13. The number of hydrogen-bond donors (Lipinski definition) is 2. The van der Waals surface area contributed by atoms with Crippen molar-refractivity contribution in [1.29, 1.82) is 0 Å². The summed E-state index contributed by atoms with van der Waals surface area (Å²) in [5, 5.41) is 22.9. The molecule has 0 amide bonds. The number of ether oxygens (including phenoxy) is 1. The Hall–Kier alpha value is -1.69. The molecule has 3 aliphatic heterocycles. The second kappa shape index (κ2) is 6.24. The van der Waals surface area contributed by atoms with Crippen molar-refractivity contribution >= 4 is 10.9 Å². The van der Waals surface area contributed by atoms with Gasteiger partial charge in [0.15, 0.2) is 0 Å². The van der Waals surface area contributed by atoms with Crippen LogP contribution in [0, 0.1) is 5.92 Å². The molecule has 2 N–H and O–H groups in total. The van der Waals surface area contributed by atoms with Crippen LogP contribution in [0.3, 0.4) is 0 Å². The van der Waals surface area contributed by atoms with Gasteiger partial charge in [-0.2, -0.15) is 0 Å². The Labute approximate surface area is 148 Å². The topological polar surface area (TPSA) is 65.8 Å². The van der Waals surface area contributed by atoms with Gasteiger partial charge in [0.1, 0.15) is 5.75 Å². The van der Waals surface area contributed by atoms with Crippen LogP contribution in [-0.2, 0) is 0 Å². The van der Waals surface area contributed by atoms with Crippen LogP contribution in [0.15, 0.2) is 30.5 Å². The van der Waals surface area contributed by atoms with E-state index in [1.54, 1.807) is 13.3 Å². The first-order valence-corrected chi connectivity index (χ1v) is 9.13. The number of pyridine rings is 1. The van der Waals surface area contributed by atoms with Crippen LogP contribution < -0.4 is 4.74 Å². The van der Waals surface area contributed by atoms with E-state index < -0.39 is 11.7 Å². The molecular formula is C20H26N2O3. The highest BCUT2D eigenvalue weighted by molar-refractivity contribution is 5.83. The molecule has 5 heteroatoms. The highest BCUT2D eigenvalue weighted by Gasteiger charge is 2.50. The number of methoxy groups -OCH3 is 1. The molecule has 1 aromatic heterocycles. The zero-order valence-electron chi connectivity index (χ0n) is 14.9. The van der Waals surface area contributed by atoms with Gasteiger partial charge in [0.05, 0.1) is 24.3 Å². The lowest BCUT2D eigenvalue weighted by molar-refractivity contribution is -0.153. The minimum Gasteiger partial charge on any atom is -0.497 e. The summed E-state index contributed by atoms with van der Waals surface area (Å²) in [6, 6.07) is 7.70. The van der Waals surface area contributed by atoms with Crippen molar-refractivity contribution in [2.24, 2.45) is 5.92 Å². The first kappa shape index (κ1) is 16.8. The molecule has 2 bridgehead atoms. The van der Waals surface area contributed by atoms with E-state index in [9.17, 15) is 10.2 Å². The number of aliphatic hydroxyl groups is 2. The Morgan fingerprint density at radius 1 is 1.40 bits per heavy atom. The quantitative estimate of drug-likeness (QED) is 0.894. The molecule has 3 aliphatic rings. The normalized spacial score (nSPS) is 32.7. The molecule has 1 unspecified atom stereocenters. The lowest BCUT2D eigenvalue weighted by Crippen LogP contribution is -2.63. The van der Waals surface area contributed by atoms with Gasteiger partial charge in [-0.3, -0.25) is 9.88 Å². The lowest BCUT2D eigenvalue weighted by Gasteiger charge is -2.55. The molecule has 0 radical (unpaired) electrons. The molecule has 25 heavy (non-hydrogen) atoms. The molecular weight excluding hydrogens is 316 g/mol. The fraction of sp³-hybridized carbons (Fsp3) is 0.550. The third-order valence-electron chi connectivity index (χ3n) is 6.27. The van der Waals surface area contributed by atoms with Gasteiger partial charge in [0.25, 0.3) is 0 Å². The van der Waals surface area contributed by atoms with Gasteiger partial charge >= 0.3 is 0 Å². The average Bonchev–Trinajstić information content (AvgIpc) is 2.66. The smallest absolute Gasteiger partial charge is 0.119 e. The van der Waals surface area contributed by atoms with Gasteiger partial charge < -0.3 is 14.9 Å². The minimum atomic E-state index is -0.599. The van der Waals surface area contributed by atoms with Gasteiger partial charge in [0.2, 0.25) is 0 Å². The number of aromatic nitrogens is 1. The summed E-state index contributed by atoms with van der Waals surface area (Å²) in [5.41, 5.74) is 1.15. The van der Waals surface area contributed by atoms with Crippen molar-refractivity contribution < 1.29 is 14.9 Å². The number of rotatable bonds is 4. The summed E-state index contributed by atoms with van der Waals surface area (Å²) in [7, 11) is 1.64. The van der Waals surface area contributed by atoms with E-state index in [4.69, 9.17) is 4.74 Å². The van der Waals surface area contributed by atoms with Crippen molar-refractivity contribution in [2.45, 2.75) is 43.9 Å². The SMILES string of the molecule is CC[C@@]1(O)CN2CC[C@H]1C[C@H]2[C@H](O)c1ccnc2ccc(OC)cc12. The molecule has 2 aromatic rings. The summed E-state index contributed by atoms with van der Waals surface area (Å²) in [5.74, 6) is 1.03. The van der Waals surface area contributed by atoms with Crippen LogP contribution in [-0.4, -0.2) is 51.9 Å². The summed E-state index contributed by atoms with van der Waals surface area (Å²) in [4.78, 5) is 6.67. The molecule has 0 saturated carbocycles. The van der Waals surface area contributed by atoms with Crippen molar-refractivity contribution in [3.63, 3.8) is 0 Å². The number of piperidine rings is 3. The van der Waals surface area contributed by atoms with E-state index in [0.717, 1.165) is 48.0 Å². The number of hydrogen-bond acceptors (Lipinski definition) is 5. The third-order valence-corrected chi connectivity index (χ3v) is 6.27. The fourth-order valence-corrected chi connectivity index (χ4v) is 4.68. The maximum absolute atomic E-state index is 11.2. The Kier molecular flexibility index (Phi) is 4.18. The monoisotopic (exact) mass is 342 g/mol. The standard InChI is InChI=1S/C20H26N2O3/c1-3-20(24)12-22-9-7-13(20)10-18(22)19(23)15-6-8-21-17-5-4-14(25-2)11-16(15)17/h4-6,8,11,13,18-19,23-24H,3,7,9-10,12H2,1-2H3/t13-,18-,19+,20+/m0/s1. The average molecular weight is 342 g/mol. The predicted molar refractivity (Wildman–Crippen MR) is 96.6 cm³/mol. The minimum absolute atomic E-state index is 0.0439. The predicted octanol–water partition coefficient (Wildman–Crippen LogP) is 2.51. The summed E-state index contributed by atoms with van der Waals surface area (Å²) >= 11 is 0. The van der Waals surface area contributed by atoms with E-state index in [1.165, 1.54) is 0 Å². The zero-order valence-corrected chi connectivity index (χ0v) is 14.9. The van der Waals surface area contributed by atoms with Crippen molar-refractivity contribution in [3.05, 3.63) is 36.0 Å². The lowest BCUT2D eigenvalue weighted by atomic mass is 9.69. The van der Waals surface area contributed by atoms with Gasteiger partial charge in [0, 0.05) is 24.2 Å². The zero-order chi connectivity index (χ0) is 17.6. The van der Waals surface area contributed by atoms with E-state index in [-0.39, 0.29) is 12.0 Å². The van der Waals surface area contributed by atoms with E-state index in [0.29, 0.717) is 6.54 Å². The van der Waals surface area contributed by atoms with Gasteiger partial charge in [-0.1, -0.05) is 6.92 Å². The van der Waals surface area contributed by atoms with E-state index in [2.05, 4.69) is 16.8 Å². The first-order chi connectivity index (χ1) is 12.1. The Morgan fingerprint density at radius 3 is 2.92 bits per heavy atom. The van der Waals surface area contributed by atoms with Crippen molar-refractivity contribution in [3.8, 4) is 5.75 Å². The number of nitrogens with zero attached hydrogens (tertiary/aromatic N) is 2. The molecule has 0 spiro atoms. The second-order valence-electron chi connectivity index (χ2n) is 7.44. The Morgan fingerprint density at radius 2 is 2.24 bits per heavy atom. The second-order valence-corrected chi connectivity index (χ2v) is 7.44. The fourth-order valence-electron chi connectivity index (χ4n) is 4.68. The molecule has 0 aliphatic carbocycles. The highest BCUT2D eigenvalue weighted by atomic mass is 16.5. The Balaban J connectivity index is 1.68. The largest absolute Gasteiger partial charge is 0.497 e. The molecule has 3 saturated heterocycles. The summed E-state index contributed by atoms with van der Waals surface area (Å²) in [6.07, 6.45) is 3.78. The molecule has 134 valence electrons. The molecule has 4 heterocycles. The summed E-state index contributed by atoms with van der Waals surface area (Å²) in [6.45, 7) is 3.65. The molecule has 5 atom stereocenters. The molecule has 5 nitrogen and oxygen atoms in total. The van der Waals surface area contributed by atoms with Crippen LogP contribution in [0.2, 0.25) is 0 Å². The van der Waals surface area contributed by atoms with Crippen molar-refractivity contribution in [1.82, 2.24) is 9.88 Å². The molecule has 5 rings (SSSR count). The third kappa shape index (κ3) is 2.71. The van der Waals surface area contributed by atoms with E-state index >= 15 is 0 Å². The van der Waals surface area contributed by atoms with Crippen LogP contribution >= 0.6 is 0 Å². The molecule has 1 aromatic carbocycles. The Bertz CT molecular complexity index is 781. The van der Waals surface area contributed by atoms with Crippen LogP contribution in [0.25, 0.3) is 10.9 Å². The van der Waals surface area contributed by atoms with Crippen LogP contribution in [0.5, 0.6) is 5.75 Å². The van der Waals surface area contributed by atoms with Gasteiger partial charge in [-0.15, -0.1) is 0 Å². The summed E-state index contributed by atoms with van der Waals surface area (Å²) < 4.78 is 5.34. The number of aliphatic hydroxyl groups excluding tert-OH is 1. The van der Waals surface area contributed by atoms with Crippen LogP contribution in [0.4, 0.5) is 0 Å².